The predicted octanol–water partition coefficient (Wildman–Crippen LogP) is 3.46. The number of nitrogens with zero attached hydrogens (tertiary/aromatic N) is 2. The summed E-state index contributed by atoms with van der Waals surface area (Å²) in [4.78, 5) is 20.1. The van der Waals surface area contributed by atoms with E-state index in [4.69, 9.17) is 5.73 Å². The minimum Gasteiger partial charge on any atom is -0.393 e. The molecular formula is C17H14BrFN6O. The van der Waals surface area contributed by atoms with Crippen molar-refractivity contribution in [1.82, 2.24) is 15.4 Å². The van der Waals surface area contributed by atoms with Crippen LogP contribution in [0.1, 0.15) is 10.4 Å². The molecule has 0 radical (unpaired) electrons. The van der Waals surface area contributed by atoms with Crippen LogP contribution in [0.25, 0.3) is 0 Å². The molecule has 0 aliphatic rings. The molecule has 1 heterocycles. The lowest BCUT2D eigenvalue weighted by molar-refractivity contribution is 0.0958. The maximum atomic E-state index is 13.6. The largest absolute Gasteiger partial charge is 0.393 e. The minimum atomic E-state index is -0.650. The molecule has 5 N–H and O–H groups in total. The van der Waals surface area contributed by atoms with Crippen LogP contribution in [-0.4, -0.2) is 15.9 Å². The van der Waals surface area contributed by atoms with Crippen LogP contribution in [0.2, 0.25) is 0 Å². The smallest absolute Gasteiger partial charge is 0.272 e. The molecule has 0 saturated carbocycles. The Hall–Kier alpha value is -3.20. The molecule has 26 heavy (non-hydrogen) atoms. The van der Waals surface area contributed by atoms with Crippen molar-refractivity contribution in [2.24, 2.45) is 0 Å². The Morgan fingerprint density at radius 1 is 1.04 bits per heavy atom. The molecule has 1 amide bonds. The van der Waals surface area contributed by atoms with Crippen LogP contribution >= 0.6 is 15.9 Å². The summed E-state index contributed by atoms with van der Waals surface area (Å²) in [5.74, 6) is -0.724. The maximum Gasteiger partial charge on any atom is 0.272 e. The number of carbonyl (C=O) groups excluding carboxylic acids is 1. The SMILES string of the molecule is Nc1c(NNC(=O)c2ccccc2F)ncnc1Nc1ccc(Br)cc1. The van der Waals surface area contributed by atoms with Crippen molar-refractivity contribution in [3.8, 4) is 0 Å². The summed E-state index contributed by atoms with van der Waals surface area (Å²) in [6.07, 6.45) is 1.29. The number of nitrogens with two attached hydrogens (primary N) is 1. The molecule has 7 nitrogen and oxygen atoms in total. The zero-order valence-corrected chi connectivity index (χ0v) is 14.9. The van der Waals surface area contributed by atoms with Crippen molar-refractivity contribution in [3.63, 3.8) is 0 Å². The lowest BCUT2D eigenvalue weighted by atomic mass is 10.2. The Balaban J connectivity index is 1.72. The number of rotatable bonds is 5. The number of hydrogen-bond donors (Lipinski definition) is 4. The van der Waals surface area contributed by atoms with Crippen LogP contribution in [0.5, 0.6) is 0 Å². The van der Waals surface area contributed by atoms with E-state index in [0.29, 0.717) is 5.82 Å². The number of carbonyl (C=O) groups is 1. The molecule has 0 fully saturated rings. The molecule has 0 saturated heterocycles. The normalized spacial score (nSPS) is 10.2. The molecule has 0 bridgehead atoms. The highest BCUT2D eigenvalue weighted by atomic mass is 79.9. The van der Waals surface area contributed by atoms with E-state index >= 15 is 0 Å². The monoisotopic (exact) mass is 416 g/mol. The molecule has 3 rings (SSSR count). The summed E-state index contributed by atoms with van der Waals surface area (Å²) in [5.41, 5.74) is 11.9. The van der Waals surface area contributed by atoms with Gasteiger partial charge < -0.3 is 11.1 Å². The second-order valence-corrected chi connectivity index (χ2v) is 6.09. The Morgan fingerprint density at radius 3 is 2.46 bits per heavy atom. The minimum absolute atomic E-state index is 0.0964. The third-order valence-electron chi connectivity index (χ3n) is 3.40. The van der Waals surface area contributed by atoms with Gasteiger partial charge in [0, 0.05) is 10.2 Å². The molecule has 9 heteroatoms. The Morgan fingerprint density at radius 2 is 1.73 bits per heavy atom. The van der Waals surface area contributed by atoms with Crippen LogP contribution < -0.4 is 21.9 Å². The molecule has 0 spiro atoms. The molecule has 0 aliphatic heterocycles. The van der Waals surface area contributed by atoms with Crippen LogP contribution in [0.4, 0.5) is 27.4 Å². The summed E-state index contributed by atoms with van der Waals surface area (Å²) in [5, 5.41) is 3.06. The second kappa shape index (κ2) is 7.79. The van der Waals surface area contributed by atoms with Gasteiger partial charge in [-0.05, 0) is 36.4 Å². The molecule has 0 unspecified atom stereocenters. The Bertz CT molecular complexity index is 935. The van der Waals surface area contributed by atoms with Gasteiger partial charge in [0.2, 0.25) is 0 Å². The molecule has 1 aromatic heterocycles. The fourth-order valence-corrected chi connectivity index (χ4v) is 2.36. The number of hydrazine groups is 1. The van der Waals surface area contributed by atoms with Gasteiger partial charge >= 0.3 is 0 Å². The first kappa shape index (κ1) is 17.6. The van der Waals surface area contributed by atoms with Gasteiger partial charge in [-0.3, -0.25) is 15.6 Å². The van der Waals surface area contributed by atoms with Gasteiger partial charge in [0.1, 0.15) is 17.8 Å². The van der Waals surface area contributed by atoms with E-state index in [9.17, 15) is 9.18 Å². The van der Waals surface area contributed by atoms with Gasteiger partial charge in [0.15, 0.2) is 11.6 Å². The van der Waals surface area contributed by atoms with E-state index in [-0.39, 0.29) is 17.1 Å². The third kappa shape index (κ3) is 4.06. The Labute approximate surface area is 157 Å². The second-order valence-electron chi connectivity index (χ2n) is 5.18. The maximum absolute atomic E-state index is 13.6. The first-order valence-corrected chi connectivity index (χ1v) is 8.28. The van der Waals surface area contributed by atoms with Gasteiger partial charge in [-0.25, -0.2) is 14.4 Å². The standard InChI is InChI=1S/C17H14BrFN6O/c18-10-5-7-11(8-6-10)23-15-14(20)16(22-9-21-15)24-25-17(26)12-3-1-2-4-13(12)19/h1-9H,20H2,(H,25,26)(H2,21,22,23,24). The summed E-state index contributed by atoms with van der Waals surface area (Å²) >= 11 is 3.36. The topological polar surface area (TPSA) is 105 Å². The summed E-state index contributed by atoms with van der Waals surface area (Å²) in [6, 6.07) is 13.1. The molecule has 0 aliphatic carbocycles. The van der Waals surface area contributed by atoms with E-state index in [1.165, 1.54) is 24.5 Å². The molecule has 132 valence electrons. The van der Waals surface area contributed by atoms with Crippen molar-refractivity contribution >= 4 is 44.8 Å². The number of amides is 1. The lowest BCUT2D eigenvalue weighted by Crippen LogP contribution is -2.31. The number of hydrogen-bond acceptors (Lipinski definition) is 6. The van der Waals surface area contributed by atoms with E-state index in [0.717, 1.165) is 10.2 Å². The summed E-state index contributed by atoms with van der Waals surface area (Å²) in [7, 11) is 0. The average molecular weight is 417 g/mol. The van der Waals surface area contributed by atoms with Gasteiger partial charge in [0.05, 0.1) is 5.56 Å². The van der Waals surface area contributed by atoms with Gasteiger partial charge in [-0.2, -0.15) is 0 Å². The number of benzene rings is 2. The van der Waals surface area contributed by atoms with Crippen LogP contribution in [0, 0.1) is 5.82 Å². The number of aromatic nitrogens is 2. The zero-order chi connectivity index (χ0) is 18.5. The first-order valence-electron chi connectivity index (χ1n) is 7.48. The first-order chi connectivity index (χ1) is 12.5. The summed E-state index contributed by atoms with van der Waals surface area (Å²) < 4.78 is 14.6. The van der Waals surface area contributed by atoms with Crippen molar-refractivity contribution in [2.45, 2.75) is 0 Å². The van der Waals surface area contributed by atoms with Gasteiger partial charge in [-0.1, -0.05) is 28.1 Å². The van der Waals surface area contributed by atoms with E-state index in [2.05, 4.69) is 42.1 Å². The Kier molecular flexibility index (Phi) is 5.28. The van der Waals surface area contributed by atoms with Gasteiger partial charge in [0.25, 0.3) is 5.91 Å². The van der Waals surface area contributed by atoms with Crippen molar-refractivity contribution < 1.29 is 9.18 Å². The number of nitrogen functional groups attached to an aromatic ring is 1. The molecule has 2 aromatic carbocycles. The average Bonchev–Trinajstić information content (AvgIpc) is 2.64. The van der Waals surface area contributed by atoms with E-state index in [1.807, 2.05) is 24.3 Å². The highest BCUT2D eigenvalue weighted by Crippen LogP contribution is 2.26. The third-order valence-corrected chi connectivity index (χ3v) is 3.93. The highest BCUT2D eigenvalue weighted by molar-refractivity contribution is 9.10. The number of nitrogens with one attached hydrogen (secondary N) is 3. The zero-order valence-electron chi connectivity index (χ0n) is 13.3. The van der Waals surface area contributed by atoms with Crippen LogP contribution in [0.3, 0.4) is 0 Å². The summed E-state index contributed by atoms with van der Waals surface area (Å²) in [6.45, 7) is 0. The molecular weight excluding hydrogens is 403 g/mol. The lowest BCUT2D eigenvalue weighted by Gasteiger charge is -2.13. The highest BCUT2D eigenvalue weighted by Gasteiger charge is 2.13. The molecule has 3 aromatic rings. The fraction of sp³-hybridized carbons (Fsp3) is 0. The predicted molar refractivity (Wildman–Crippen MR) is 101 cm³/mol. The van der Waals surface area contributed by atoms with E-state index in [1.54, 1.807) is 6.07 Å². The molecule has 0 atom stereocenters. The number of halogens is 2. The van der Waals surface area contributed by atoms with E-state index < -0.39 is 11.7 Å². The van der Waals surface area contributed by atoms with Crippen molar-refractivity contribution in [3.05, 3.63) is 70.7 Å². The van der Waals surface area contributed by atoms with Crippen molar-refractivity contribution in [2.75, 3.05) is 16.5 Å². The quantitative estimate of drug-likeness (QED) is 0.474. The van der Waals surface area contributed by atoms with Gasteiger partial charge in [-0.15, -0.1) is 0 Å². The number of anilines is 4. The van der Waals surface area contributed by atoms with Crippen LogP contribution in [0.15, 0.2) is 59.3 Å². The van der Waals surface area contributed by atoms with Crippen LogP contribution in [-0.2, 0) is 0 Å². The van der Waals surface area contributed by atoms with Crippen molar-refractivity contribution in [1.29, 1.82) is 0 Å². The fourth-order valence-electron chi connectivity index (χ4n) is 2.09.